The molecule has 5 nitrogen and oxygen atoms in total. The number of aromatic nitrogens is 2. The number of nitrogens with zero attached hydrogens (tertiary/aromatic N) is 1. The van der Waals surface area contributed by atoms with E-state index in [9.17, 15) is 14.7 Å². The number of aromatic hydroxyl groups is 1. The molecular weight excluding hydrogens is 244 g/mol. The molecule has 19 heavy (non-hydrogen) atoms. The summed E-state index contributed by atoms with van der Waals surface area (Å²) in [5.41, 5.74) is -0.681. The zero-order valence-corrected chi connectivity index (χ0v) is 11.6. The highest BCUT2D eigenvalue weighted by Gasteiger charge is 2.22. The summed E-state index contributed by atoms with van der Waals surface area (Å²) in [6.45, 7) is 4.51. The first kappa shape index (κ1) is 13.9. The summed E-state index contributed by atoms with van der Waals surface area (Å²) in [7, 11) is 0. The maximum Gasteiger partial charge on any atom is 0.331 e. The van der Waals surface area contributed by atoms with E-state index < -0.39 is 11.2 Å². The van der Waals surface area contributed by atoms with E-state index in [1.807, 2.05) is 0 Å². The highest BCUT2D eigenvalue weighted by molar-refractivity contribution is 5.22. The molecule has 0 aliphatic heterocycles. The Kier molecular flexibility index (Phi) is 4.12. The van der Waals surface area contributed by atoms with E-state index in [-0.39, 0.29) is 5.88 Å². The van der Waals surface area contributed by atoms with Crippen LogP contribution in [0, 0.1) is 11.8 Å². The van der Waals surface area contributed by atoms with Gasteiger partial charge in [0.2, 0.25) is 5.88 Å². The summed E-state index contributed by atoms with van der Waals surface area (Å²) < 4.78 is 1.32. The first-order chi connectivity index (χ1) is 9.02. The first-order valence-corrected chi connectivity index (χ1v) is 7.07. The summed E-state index contributed by atoms with van der Waals surface area (Å²) in [6.07, 6.45) is 4.99. The predicted molar refractivity (Wildman–Crippen MR) is 73.5 cm³/mol. The van der Waals surface area contributed by atoms with Crippen LogP contribution < -0.4 is 11.2 Å². The molecule has 2 unspecified atom stereocenters. The van der Waals surface area contributed by atoms with Crippen molar-refractivity contribution in [3.05, 3.63) is 26.4 Å². The highest BCUT2D eigenvalue weighted by atomic mass is 16.3. The zero-order chi connectivity index (χ0) is 14.0. The smallest absolute Gasteiger partial charge is 0.331 e. The van der Waals surface area contributed by atoms with Crippen LogP contribution in [0.4, 0.5) is 0 Å². The fourth-order valence-corrected chi connectivity index (χ4v) is 3.07. The van der Waals surface area contributed by atoms with Crippen LogP contribution in [0.3, 0.4) is 0 Å². The Bertz CT molecular complexity index is 559. The number of H-pyrrole nitrogens is 1. The van der Waals surface area contributed by atoms with E-state index in [0.29, 0.717) is 30.4 Å². The van der Waals surface area contributed by atoms with Crippen LogP contribution in [-0.2, 0) is 13.0 Å². The maximum atomic E-state index is 11.8. The van der Waals surface area contributed by atoms with Gasteiger partial charge in [0.1, 0.15) is 0 Å². The van der Waals surface area contributed by atoms with Gasteiger partial charge in [0, 0.05) is 6.54 Å². The Morgan fingerprint density at radius 2 is 2.11 bits per heavy atom. The summed E-state index contributed by atoms with van der Waals surface area (Å²) in [6, 6.07) is 0. The standard InChI is InChI=1S/C14H22N2O3/c1-3-11-12(17)15-14(19)16(13(11)18)8-10-6-4-5-9(2)7-10/h9-10,18H,3-8H2,1-2H3,(H,15,17,19). The third-order valence-electron chi connectivity index (χ3n) is 4.10. The number of hydrogen-bond acceptors (Lipinski definition) is 3. The fraction of sp³-hybridized carbons (Fsp3) is 0.714. The van der Waals surface area contributed by atoms with Gasteiger partial charge in [-0.25, -0.2) is 4.79 Å². The largest absolute Gasteiger partial charge is 0.494 e. The van der Waals surface area contributed by atoms with E-state index in [0.717, 1.165) is 12.8 Å². The predicted octanol–water partition coefficient (Wildman–Crippen LogP) is 1.63. The van der Waals surface area contributed by atoms with Gasteiger partial charge in [-0.2, -0.15) is 0 Å². The molecule has 1 aromatic heterocycles. The molecule has 0 radical (unpaired) electrons. The monoisotopic (exact) mass is 266 g/mol. The molecule has 0 aromatic carbocycles. The average Bonchev–Trinajstić information content (AvgIpc) is 2.35. The average molecular weight is 266 g/mol. The molecule has 1 saturated carbocycles. The lowest BCUT2D eigenvalue weighted by Crippen LogP contribution is -2.34. The highest BCUT2D eigenvalue weighted by Crippen LogP contribution is 2.30. The molecule has 1 aliphatic rings. The van der Waals surface area contributed by atoms with Crippen molar-refractivity contribution in [1.29, 1.82) is 0 Å². The van der Waals surface area contributed by atoms with E-state index >= 15 is 0 Å². The second-order valence-electron chi connectivity index (χ2n) is 5.66. The molecule has 1 heterocycles. The zero-order valence-electron chi connectivity index (χ0n) is 11.6. The minimum atomic E-state index is -0.502. The van der Waals surface area contributed by atoms with Crippen LogP contribution in [0.2, 0.25) is 0 Å². The molecule has 1 fully saturated rings. The SMILES string of the molecule is CCc1c(O)n(CC2CCCC(C)C2)c(=O)[nH]c1=O. The van der Waals surface area contributed by atoms with Gasteiger partial charge in [-0.3, -0.25) is 14.3 Å². The Morgan fingerprint density at radius 1 is 1.37 bits per heavy atom. The Hall–Kier alpha value is -1.52. The molecule has 0 saturated heterocycles. The molecule has 1 aromatic rings. The molecule has 2 rings (SSSR count). The van der Waals surface area contributed by atoms with Gasteiger partial charge in [-0.1, -0.05) is 26.7 Å². The molecule has 0 spiro atoms. The normalized spacial score (nSPS) is 23.5. The second kappa shape index (κ2) is 5.63. The van der Waals surface area contributed by atoms with E-state index in [4.69, 9.17) is 0 Å². The van der Waals surface area contributed by atoms with Gasteiger partial charge in [0.05, 0.1) is 5.56 Å². The lowest BCUT2D eigenvalue weighted by atomic mass is 9.82. The van der Waals surface area contributed by atoms with E-state index in [1.165, 1.54) is 17.4 Å². The molecule has 1 aliphatic carbocycles. The van der Waals surface area contributed by atoms with Crippen molar-refractivity contribution in [3.8, 4) is 5.88 Å². The maximum absolute atomic E-state index is 11.8. The van der Waals surface area contributed by atoms with Crippen molar-refractivity contribution < 1.29 is 5.11 Å². The molecular formula is C14H22N2O3. The van der Waals surface area contributed by atoms with Gasteiger partial charge in [-0.15, -0.1) is 0 Å². The van der Waals surface area contributed by atoms with E-state index in [1.54, 1.807) is 6.92 Å². The molecule has 0 amide bonds. The van der Waals surface area contributed by atoms with Gasteiger partial charge in [0.25, 0.3) is 5.56 Å². The lowest BCUT2D eigenvalue weighted by molar-refractivity contribution is 0.243. The number of rotatable bonds is 3. The van der Waals surface area contributed by atoms with Crippen LogP contribution in [-0.4, -0.2) is 14.7 Å². The molecule has 0 bridgehead atoms. The first-order valence-electron chi connectivity index (χ1n) is 7.07. The minimum absolute atomic E-state index is 0.158. The Balaban J connectivity index is 2.29. The van der Waals surface area contributed by atoms with Gasteiger partial charge in [0.15, 0.2) is 0 Å². The van der Waals surface area contributed by atoms with Crippen molar-refractivity contribution in [2.45, 2.75) is 52.5 Å². The Morgan fingerprint density at radius 3 is 2.74 bits per heavy atom. The number of nitrogens with one attached hydrogen (secondary N) is 1. The molecule has 2 N–H and O–H groups in total. The molecule has 106 valence electrons. The third-order valence-corrected chi connectivity index (χ3v) is 4.10. The molecule has 5 heteroatoms. The summed E-state index contributed by atoms with van der Waals surface area (Å²) in [4.78, 5) is 25.7. The van der Waals surface area contributed by atoms with Crippen LogP contribution >= 0.6 is 0 Å². The number of hydrogen-bond donors (Lipinski definition) is 2. The molecule has 2 atom stereocenters. The van der Waals surface area contributed by atoms with Crippen molar-refractivity contribution in [2.75, 3.05) is 0 Å². The van der Waals surface area contributed by atoms with Crippen LogP contribution in [0.15, 0.2) is 9.59 Å². The van der Waals surface area contributed by atoms with Gasteiger partial charge >= 0.3 is 5.69 Å². The van der Waals surface area contributed by atoms with Crippen molar-refractivity contribution >= 4 is 0 Å². The van der Waals surface area contributed by atoms with E-state index in [2.05, 4.69) is 11.9 Å². The lowest BCUT2D eigenvalue weighted by Gasteiger charge is -2.27. The third kappa shape index (κ3) is 2.91. The van der Waals surface area contributed by atoms with Crippen molar-refractivity contribution in [3.63, 3.8) is 0 Å². The van der Waals surface area contributed by atoms with Crippen LogP contribution in [0.1, 0.15) is 45.1 Å². The van der Waals surface area contributed by atoms with Crippen molar-refractivity contribution in [2.24, 2.45) is 11.8 Å². The summed E-state index contributed by atoms with van der Waals surface area (Å²) in [5.74, 6) is 0.919. The van der Waals surface area contributed by atoms with Gasteiger partial charge in [-0.05, 0) is 31.1 Å². The second-order valence-corrected chi connectivity index (χ2v) is 5.66. The summed E-state index contributed by atoms with van der Waals surface area (Å²) >= 11 is 0. The number of aromatic amines is 1. The van der Waals surface area contributed by atoms with Crippen LogP contribution in [0.25, 0.3) is 0 Å². The van der Waals surface area contributed by atoms with Crippen LogP contribution in [0.5, 0.6) is 5.88 Å². The fourth-order valence-electron chi connectivity index (χ4n) is 3.07. The summed E-state index contributed by atoms with van der Waals surface area (Å²) in [5, 5.41) is 10.1. The minimum Gasteiger partial charge on any atom is -0.494 e. The Labute approximate surface area is 112 Å². The topological polar surface area (TPSA) is 75.1 Å². The quantitative estimate of drug-likeness (QED) is 0.873. The van der Waals surface area contributed by atoms with Crippen molar-refractivity contribution in [1.82, 2.24) is 9.55 Å². The van der Waals surface area contributed by atoms with Gasteiger partial charge < -0.3 is 5.11 Å².